The molecule has 0 aromatic carbocycles. The standard InChI is InChI=1S/C13H22N4O2/c1-4-5-14-11-6-13(19)17(16-8-11)9-12(18)15-7-10(2)3/h6,8,10,14H,4-5,7,9H2,1-3H3,(H,15,18). The van der Waals surface area contributed by atoms with E-state index in [-0.39, 0.29) is 18.0 Å². The molecule has 0 aliphatic heterocycles. The summed E-state index contributed by atoms with van der Waals surface area (Å²) in [5.41, 5.74) is 0.409. The molecule has 6 heteroatoms. The molecular formula is C13H22N4O2. The monoisotopic (exact) mass is 266 g/mol. The SMILES string of the molecule is CCCNc1cnn(CC(=O)NCC(C)C)c(=O)c1. The summed E-state index contributed by atoms with van der Waals surface area (Å²) in [6.45, 7) is 7.42. The summed E-state index contributed by atoms with van der Waals surface area (Å²) in [5, 5.41) is 9.81. The fourth-order valence-electron chi connectivity index (χ4n) is 1.43. The molecule has 19 heavy (non-hydrogen) atoms. The normalized spacial score (nSPS) is 10.5. The third-order valence-electron chi connectivity index (χ3n) is 2.45. The van der Waals surface area contributed by atoms with E-state index in [1.807, 2.05) is 20.8 Å². The lowest BCUT2D eigenvalue weighted by Crippen LogP contribution is -2.35. The van der Waals surface area contributed by atoms with E-state index < -0.39 is 0 Å². The predicted octanol–water partition coefficient (Wildman–Crippen LogP) is 0.837. The molecule has 6 nitrogen and oxygen atoms in total. The van der Waals surface area contributed by atoms with Gasteiger partial charge in [-0.1, -0.05) is 20.8 Å². The molecule has 0 bridgehead atoms. The molecule has 0 atom stereocenters. The average molecular weight is 266 g/mol. The Morgan fingerprint density at radius 3 is 2.79 bits per heavy atom. The van der Waals surface area contributed by atoms with Gasteiger partial charge in [-0.05, 0) is 12.3 Å². The largest absolute Gasteiger partial charge is 0.384 e. The number of rotatable bonds is 7. The van der Waals surface area contributed by atoms with Crippen LogP contribution in [0.4, 0.5) is 5.69 Å². The van der Waals surface area contributed by atoms with Crippen LogP contribution < -0.4 is 16.2 Å². The third kappa shape index (κ3) is 5.54. The van der Waals surface area contributed by atoms with Crippen molar-refractivity contribution in [3.63, 3.8) is 0 Å². The quantitative estimate of drug-likeness (QED) is 0.766. The van der Waals surface area contributed by atoms with Crippen LogP contribution in [-0.4, -0.2) is 28.8 Å². The number of amides is 1. The van der Waals surface area contributed by atoms with Gasteiger partial charge in [0.05, 0.1) is 11.9 Å². The second-order valence-corrected chi connectivity index (χ2v) is 4.86. The highest BCUT2D eigenvalue weighted by atomic mass is 16.2. The molecule has 1 aromatic heterocycles. The number of anilines is 1. The fourth-order valence-corrected chi connectivity index (χ4v) is 1.43. The minimum Gasteiger partial charge on any atom is -0.384 e. The van der Waals surface area contributed by atoms with Crippen LogP contribution in [0.1, 0.15) is 27.2 Å². The summed E-state index contributed by atoms with van der Waals surface area (Å²) < 4.78 is 1.16. The number of carbonyl (C=O) groups excluding carboxylic acids is 1. The summed E-state index contributed by atoms with van der Waals surface area (Å²) in [4.78, 5) is 23.4. The van der Waals surface area contributed by atoms with E-state index in [1.165, 1.54) is 6.07 Å². The van der Waals surface area contributed by atoms with Gasteiger partial charge in [0, 0.05) is 19.2 Å². The maximum atomic E-state index is 11.8. The van der Waals surface area contributed by atoms with Gasteiger partial charge in [-0.25, -0.2) is 4.68 Å². The van der Waals surface area contributed by atoms with E-state index in [2.05, 4.69) is 15.7 Å². The fraction of sp³-hybridized carbons (Fsp3) is 0.615. The number of hydrogen-bond donors (Lipinski definition) is 2. The summed E-state index contributed by atoms with van der Waals surface area (Å²) in [5.74, 6) is 0.187. The van der Waals surface area contributed by atoms with Crippen molar-refractivity contribution in [3.8, 4) is 0 Å². The first-order valence-electron chi connectivity index (χ1n) is 6.60. The molecule has 0 aliphatic rings. The Kier molecular flexibility index (Phi) is 6.05. The van der Waals surface area contributed by atoms with Crippen LogP contribution in [0, 0.1) is 5.92 Å². The first-order chi connectivity index (χ1) is 9.02. The van der Waals surface area contributed by atoms with E-state index in [0.29, 0.717) is 18.2 Å². The molecule has 1 rings (SSSR count). The van der Waals surface area contributed by atoms with Crippen LogP contribution in [0.25, 0.3) is 0 Å². The zero-order chi connectivity index (χ0) is 14.3. The summed E-state index contributed by atoms with van der Waals surface area (Å²) in [7, 11) is 0. The zero-order valence-electron chi connectivity index (χ0n) is 11.8. The van der Waals surface area contributed by atoms with Crippen molar-refractivity contribution in [2.24, 2.45) is 5.92 Å². The molecule has 0 saturated heterocycles. The van der Waals surface area contributed by atoms with E-state index in [4.69, 9.17) is 0 Å². The second-order valence-electron chi connectivity index (χ2n) is 4.86. The lowest BCUT2D eigenvalue weighted by atomic mass is 10.2. The minimum absolute atomic E-state index is 0.0421. The minimum atomic E-state index is -0.277. The van der Waals surface area contributed by atoms with Crippen LogP contribution in [0.2, 0.25) is 0 Å². The van der Waals surface area contributed by atoms with Gasteiger partial charge < -0.3 is 10.6 Å². The second kappa shape index (κ2) is 7.56. The highest BCUT2D eigenvalue weighted by Crippen LogP contribution is 1.99. The molecule has 0 fully saturated rings. The number of hydrogen-bond acceptors (Lipinski definition) is 4. The molecule has 1 heterocycles. The topological polar surface area (TPSA) is 76.0 Å². The van der Waals surface area contributed by atoms with Gasteiger partial charge in [0.15, 0.2) is 0 Å². The maximum absolute atomic E-state index is 11.8. The molecule has 0 saturated carbocycles. The number of carbonyl (C=O) groups is 1. The Morgan fingerprint density at radius 1 is 1.47 bits per heavy atom. The zero-order valence-corrected chi connectivity index (χ0v) is 11.8. The Morgan fingerprint density at radius 2 is 2.21 bits per heavy atom. The van der Waals surface area contributed by atoms with E-state index >= 15 is 0 Å². The van der Waals surface area contributed by atoms with Gasteiger partial charge in [0.25, 0.3) is 5.56 Å². The van der Waals surface area contributed by atoms with Crippen molar-refractivity contribution in [2.75, 3.05) is 18.4 Å². The Bertz CT molecular complexity index is 468. The smallest absolute Gasteiger partial charge is 0.269 e. The van der Waals surface area contributed by atoms with Crippen molar-refractivity contribution in [1.29, 1.82) is 0 Å². The Hall–Kier alpha value is -1.85. The summed E-state index contributed by atoms with van der Waals surface area (Å²) in [6, 6.07) is 1.46. The summed E-state index contributed by atoms with van der Waals surface area (Å²) >= 11 is 0. The molecule has 106 valence electrons. The van der Waals surface area contributed by atoms with Crippen LogP contribution >= 0.6 is 0 Å². The van der Waals surface area contributed by atoms with Crippen molar-refractivity contribution >= 4 is 11.6 Å². The van der Waals surface area contributed by atoms with Gasteiger partial charge in [-0.3, -0.25) is 9.59 Å². The van der Waals surface area contributed by atoms with Crippen LogP contribution in [-0.2, 0) is 11.3 Å². The van der Waals surface area contributed by atoms with E-state index in [0.717, 1.165) is 17.6 Å². The highest BCUT2D eigenvalue weighted by molar-refractivity contribution is 5.75. The van der Waals surface area contributed by atoms with E-state index in [1.54, 1.807) is 6.20 Å². The lowest BCUT2D eigenvalue weighted by Gasteiger charge is -2.09. The number of nitrogens with one attached hydrogen (secondary N) is 2. The highest BCUT2D eigenvalue weighted by Gasteiger charge is 2.06. The van der Waals surface area contributed by atoms with Crippen LogP contribution in [0.5, 0.6) is 0 Å². The first-order valence-corrected chi connectivity index (χ1v) is 6.60. The molecule has 0 radical (unpaired) electrons. The Balaban J connectivity index is 2.59. The van der Waals surface area contributed by atoms with Crippen molar-refractivity contribution in [3.05, 3.63) is 22.6 Å². The molecule has 0 unspecified atom stereocenters. The number of aromatic nitrogens is 2. The van der Waals surface area contributed by atoms with Crippen molar-refractivity contribution in [1.82, 2.24) is 15.1 Å². The van der Waals surface area contributed by atoms with Gasteiger partial charge in [-0.2, -0.15) is 5.10 Å². The van der Waals surface area contributed by atoms with Gasteiger partial charge in [-0.15, -0.1) is 0 Å². The average Bonchev–Trinajstić information content (AvgIpc) is 2.37. The molecule has 0 spiro atoms. The van der Waals surface area contributed by atoms with Crippen LogP contribution in [0.3, 0.4) is 0 Å². The Labute approximate surface area is 113 Å². The van der Waals surface area contributed by atoms with Crippen molar-refractivity contribution in [2.45, 2.75) is 33.7 Å². The molecule has 1 aromatic rings. The summed E-state index contributed by atoms with van der Waals surface area (Å²) in [6.07, 6.45) is 2.54. The third-order valence-corrected chi connectivity index (χ3v) is 2.45. The molecule has 0 aliphatic carbocycles. The van der Waals surface area contributed by atoms with Crippen molar-refractivity contribution < 1.29 is 4.79 Å². The van der Waals surface area contributed by atoms with Crippen LogP contribution in [0.15, 0.2) is 17.1 Å². The lowest BCUT2D eigenvalue weighted by molar-refractivity contribution is -0.122. The van der Waals surface area contributed by atoms with Gasteiger partial charge >= 0.3 is 0 Å². The molecular weight excluding hydrogens is 244 g/mol. The van der Waals surface area contributed by atoms with Gasteiger partial charge in [0.2, 0.25) is 5.91 Å². The van der Waals surface area contributed by atoms with Gasteiger partial charge in [0.1, 0.15) is 6.54 Å². The molecule has 1 amide bonds. The van der Waals surface area contributed by atoms with E-state index in [9.17, 15) is 9.59 Å². The maximum Gasteiger partial charge on any atom is 0.269 e. The first kappa shape index (κ1) is 15.2. The molecule has 2 N–H and O–H groups in total. The number of nitrogens with zero attached hydrogens (tertiary/aromatic N) is 2. The predicted molar refractivity (Wildman–Crippen MR) is 75.1 cm³/mol.